The molecule has 0 spiro atoms. The van der Waals surface area contributed by atoms with E-state index in [0.717, 1.165) is 10.6 Å². The Morgan fingerprint density at radius 2 is 1.85 bits per heavy atom. The average Bonchev–Trinajstić information content (AvgIpc) is 2.68. The first-order valence-corrected chi connectivity index (χ1v) is 9.78. The first-order chi connectivity index (χ1) is 13.0. The first kappa shape index (κ1) is 19.1. The van der Waals surface area contributed by atoms with Crippen molar-refractivity contribution in [3.05, 3.63) is 88.2 Å². The highest BCUT2D eigenvalue weighted by atomic mass is 79.9. The van der Waals surface area contributed by atoms with Crippen LogP contribution in [-0.2, 0) is 5.75 Å². The quantitative estimate of drug-likeness (QED) is 0.519. The van der Waals surface area contributed by atoms with Crippen molar-refractivity contribution in [3.8, 4) is 0 Å². The van der Waals surface area contributed by atoms with E-state index in [1.54, 1.807) is 36.2 Å². The Labute approximate surface area is 169 Å². The van der Waals surface area contributed by atoms with E-state index in [2.05, 4.69) is 26.2 Å². The molecule has 0 atom stereocenters. The Morgan fingerprint density at radius 3 is 2.59 bits per heavy atom. The highest BCUT2D eigenvalue weighted by Gasteiger charge is 2.15. The smallest absolute Gasteiger partial charge is 0.337 e. The van der Waals surface area contributed by atoms with Crippen molar-refractivity contribution >= 4 is 45.3 Å². The fourth-order valence-corrected chi connectivity index (χ4v) is 3.59. The topological polar surface area (TPSA) is 79.3 Å². The molecular weight excluding hydrogens is 428 g/mol. The summed E-state index contributed by atoms with van der Waals surface area (Å²) < 4.78 is 0.621. The predicted molar refractivity (Wildman–Crippen MR) is 109 cm³/mol. The summed E-state index contributed by atoms with van der Waals surface area (Å²) in [6.45, 7) is 0. The Bertz CT molecular complexity index is 980. The lowest BCUT2D eigenvalue weighted by molar-refractivity contribution is 0.0698. The van der Waals surface area contributed by atoms with Crippen LogP contribution in [0.2, 0.25) is 0 Å². The van der Waals surface area contributed by atoms with Crippen molar-refractivity contribution in [2.75, 3.05) is 5.32 Å². The number of carboxylic acids is 1. The molecule has 27 heavy (non-hydrogen) atoms. The Balaban J connectivity index is 1.73. The number of thioether (sulfide) groups is 1. The SMILES string of the molecule is O=C(Nc1ccc(Br)cc1C(=O)O)c1cc(SCc2ccccc2)ccn1. The number of aromatic nitrogens is 1. The second-order valence-electron chi connectivity index (χ2n) is 5.60. The lowest BCUT2D eigenvalue weighted by Crippen LogP contribution is -2.16. The van der Waals surface area contributed by atoms with Crippen molar-refractivity contribution in [3.63, 3.8) is 0 Å². The molecule has 0 bridgehead atoms. The second-order valence-corrected chi connectivity index (χ2v) is 7.56. The number of rotatable bonds is 6. The predicted octanol–water partition coefficient (Wildman–Crippen LogP) is 5.09. The van der Waals surface area contributed by atoms with Gasteiger partial charge in [-0.3, -0.25) is 9.78 Å². The minimum atomic E-state index is -1.12. The Morgan fingerprint density at radius 1 is 1.07 bits per heavy atom. The monoisotopic (exact) mass is 442 g/mol. The van der Waals surface area contributed by atoms with E-state index in [-0.39, 0.29) is 16.9 Å². The molecule has 0 unspecified atom stereocenters. The molecule has 1 heterocycles. The van der Waals surface area contributed by atoms with Crippen LogP contribution < -0.4 is 5.32 Å². The van der Waals surface area contributed by atoms with Crippen LogP contribution in [-0.4, -0.2) is 22.0 Å². The van der Waals surface area contributed by atoms with Crippen LogP contribution in [0.1, 0.15) is 26.4 Å². The number of amides is 1. The number of carbonyl (C=O) groups excluding carboxylic acids is 1. The zero-order valence-corrected chi connectivity index (χ0v) is 16.5. The van der Waals surface area contributed by atoms with Crippen LogP contribution in [0.4, 0.5) is 5.69 Å². The van der Waals surface area contributed by atoms with E-state index in [4.69, 9.17) is 0 Å². The van der Waals surface area contributed by atoms with Gasteiger partial charge in [0, 0.05) is 21.3 Å². The van der Waals surface area contributed by atoms with Gasteiger partial charge in [-0.25, -0.2) is 4.79 Å². The van der Waals surface area contributed by atoms with Crippen LogP contribution in [0.25, 0.3) is 0 Å². The van der Waals surface area contributed by atoms with Gasteiger partial charge in [0.25, 0.3) is 5.91 Å². The largest absolute Gasteiger partial charge is 0.478 e. The molecule has 2 aromatic carbocycles. The molecule has 0 aliphatic rings. The molecular formula is C20H15BrN2O3S. The fraction of sp³-hybridized carbons (Fsp3) is 0.0500. The van der Waals surface area contributed by atoms with Gasteiger partial charge in [-0.2, -0.15) is 0 Å². The summed E-state index contributed by atoms with van der Waals surface area (Å²) in [4.78, 5) is 28.9. The van der Waals surface area contributed by atoms with E-state index in [0.29, 0.717) is 4.47 Å². The number of carbonyl (C=O) groups is 2. The number of anilines is 1. The molecule has 0 aliphatic carbocycles. The fourth-order valence-electron chi connectivity index (χ4n) is 2.35. The maximum absolute atomic E-state index is 12.5. The molecule has 136 valence electrons. The van der Waals surface area contributed by atoms with Gasteiger partial charge in [-0.15, -0.1) is 11.8 Å². The Hall–Kier alpha value is -2.64. The summed E-state index contributed by atoms with van der Waals surface area (Å²) in [5.74, 6) is -0.796. The maximum atomic E-state index is 12.5. The van der Waals surface area contributed by atoms with Crippen LogP contribution in [0.3, 0.4) is 0 Å². The van der Waals surface area contributed by atoms with Crippen LogP contribution in [0, 0.1) is 0 Å². The van der Waals surface area contributed by atoms with Crippen molar-refractivity contribution in [2.45, 2.75) is 10.6 Å². The summed E-state index contributed by atoms with van der Waals surface area (Å²) in [7, 11) is 0. The third kappa shape index (κ3) is 5.18. The molecule has 5 nitrogen and oxygen atoms in total. The highest BCUT2D eigenvalue weighted by Crippen LogP contribution is 2.24. The molecule has 0 saturated carbocycles. The lowest BCUT2D eigenvalue weighted by Gasteiger charge is -2.09. The first-order valence-electron chi connectivity index (χ1n) is 8.00. The van der Waals surface area contributed by atoms with Crippen molar-refractivity contribution in [2.24, 2.45) is 0 Å². The summed E-state index contributed by atoms with van der Waals surface area (Å²) in [6, 6.07) is 18.2. The van der Waals surface area contributed by atoms with Gasteiger partial charge in [0.1, 0.15) is 5.69 Å². The summed E-state index contributed by atoms with van der Waals surface area (Å²) >= 11 is 4.83. The van der Waals surface area contributed by atoms with E-state index in [1.807, 2.05) is 36.4 Å². The molecule has 3 aromatic rings. The van der Waals surface area contributed by atoms with Gasteiger partial charge >= 0.3 is 5.97 Å². The standard InChI is InChI=1S/C20H15BrN2O3S/c21-14-6-7-17(16(10-14)20(25)26)23-19(24)18-11-15(8-9-22-18)27-12-13-4-2-1-3-5-13/h1-11H,12H2,(H,23,24)(H,25,26). The minimum Gasteiger partial charge on any atom is -0.478 e. The number of aromatic carboxylic acids is 1. The van der Waals surface area contributed by atoms with Gasteiger partial charge in [0.15, 0.2) is 0 Å². The molecule has 0 aliphatic heterocycles. The van der Waals surface area contributed by atoms with E-state index >= 15 is 0 Å². The number of carboxylic acid groups (broad SMARTS) is 1. The number of halogens is 1. The number of nitrogens with one attached hydrogen (secondary N) is 1. The average molecular weight is 443 g/mol. The third-order valence-electron chi connectivity index (χ3n) is 3.67. The van der Waals surface area contributed by atoms with Gasteiger partial charge in [0.05, 0.1) is 11.3 Å². The third-order valence-corrected chi connectivity index (χ3v) is 5.23. The summed E-state index contributed by atoms with van der Waals surface area (Å²) in [6.07, 6.45) is 1.57. The van der Waals surface area contributed by atoms with Gasteiger partial charge < -0.3 is 10.4 Å². The van der Waals surface area contributed by atoms with Crippen LogP contribution in [0.5, 0.6) is 0 Å². The normalized spacial score (nSPS) is 10.4. The Kier molecular flexibility index (Phi) is 6.26. The minimum absolute atomic E-state index is 0.00679. The molecule has 0 saturated heterocycles. The van der Waals surface area contributed by atoms with Gasteiger partial charge in [0.2, 0.25) is 0 Å². The van der Waals surface area contributed by atoms with E-state index < -0.39 is 11.9 Å². The van der Waals surface area contributed by atoms with Gasteiger partial charge in [-0.1, -0.05) is 46.3 Å². The van der Waals surface area contributed by atoms with E-state index in [9.17, 15) is 14.7 Å². The zero-order valence-electron chi connectivity index (χ0n) is 14.1. The number of nitrogens with zero attached hydrogens (tertiary/aromatic N) is 1. The molecule has 3 rings (SSSR count). The number of hydrogen-bond donors (Lipinski definition) is 2. The van der Waals surface area contributed by atoms with Crippen LogP contribution >= 0.6 is 27.7 Å². The van der Waals surface area contributed by atoms with Crippen LogP contribution in [0.15, 0.2) is 76.2 Å². The highest BCUT2D eigenvalue weighted by molar-refractivity contribution is 9.10. The zero-order chi connectivity index (χ0) is 19.2. The maximum Gasteiger partial charge on any atom is 0.337 e. The number of hydrogen-bond acceptors (Lipinski definition) is 4. The molecule has 1 amide bonds. The molecule has 0 fully saturated rings. The van der Waals surface area contributed by atoms with Crippen molar-refractivity contribution in [1.29, 1.82) is 0 Å². The molecule has 1 aromatic heterocycles. The molecule has 7 heteroatoms. The summed E-state index contributed by atoms with van der Waals surface area (Å²) in [5.41, 5.74) is 1.64. The molecule has 0 radical (unpaired) electrons. The van der Waals surface area contributed by atoms with Gasteiger partial charge in [-0.05, 0) is 35.9 Å². The number of benzene rings is 2. The van der Waals surface area contributed by atoms with Crippen molar-refractivity contribution < 1.29 is 14.7 Å². The number of pyridine rings is 1. The second kappa shape index (κ2) is 8.83. The van der Waals surface area contributed by atoms with E-state index in [1.165, 1.54) is 11.6 Å². The summed E-state index contributed by atoms with van der Waals surface area (Å²) in [5, 5.41) is 11.9. The molecule has 2 N–H and O–H groups in total. The van der Waals surface area contributed by atoms with Crippen molar-refractivity contribution in [1.82, 2.24) is 4.98 Å². The lowest BCUT2D eigenvalue weighted by atomic mass is 10.1.